The fraction of sp³-hybridized carbons (Fsp3) is 0.263. The molecule has 0 bridgehead atoms. The van der Waals surface area contributed by atoms with Crippen LogP contribution in [0.3, 0.4) is 0 Å². The van der Waals surface area contributed by atoms with Gasteiger partial charge in [0.2, 0.25) is 0 Å². The van der Waals surface area contributed by atoms with E-state index in [4.69, 9.17) is 21.5 Å². The van der Waals surface area contributed by atoms with Crippen molar-refractivity contribution in [1.82, 2.24) is 10.8 Å². The lowest BCUT2D eigenvalue weighted by Gasteiger charge is -2.26. The van der Waals surface area contributed by atoms with Crippen LogP contribution in [0.5, 0.6) is 5.75 Å². The van der Waals surface area contributed by atoms with Crippen molar-refractivity contribution in [2.24, 2.45) is 0 Å². The van der Waals surface area contributed by atoms with Gasteiger partial charge >= 0.3 is 12.2 Å². The number of anilines is 1. The number of ether oxygens (including phenoxy) is 1. The second-order valence-corrected chi connectivity index (χ2v) is 6.94. The van der Waals surface area contributed by atoms with Gasteiger partial charge in [-0.15, -0.1) is 0 Å². The van der Waals surface area contributed by atoms with Gasteiger partial charge in [-0.1, -0.05) is 29.8 Å². The third kappa shape index (κ3) is 4.95. The Balaban J connectivity index is 1.68. The van der Waals surface area contributed by atoms with Crippen molar-refractivity contribution in [1.29, 1.82) is 0 Å². The summed E-state index contributed by atoms with van der Waals surface area (Å²) in [4.78, 5) is 23.9. The second-order valence-electron chi connectivity index (χ2n) is 6.53. The summed E-state index contributed by atoms with van der Waals surface area (Å²) >= 11 is 5.59. The number of nitrogens with one attached hydrogen (secondary N) is 3. The van der Waals surface area contributed by atoms with Crippen molar-refractivity contribution in [2.45, 2.75) is 31.7 Å². The Bertz CT molecular complexity index is 969. The van der Waals surface area contributed by atoms with E-state index in [9.17, 15) is 22.8 Å². The van der Waals surface area contributed by atoms with E-state index in [1.54, 1.807) is 18.2 Å². The maximum atomic E-state index is 12.9. The first kappa shape index (κ1) is 21.7. The van der Waals surface area contributed by atoms with Gasteiger partial charge in [-0.2, -0.15) is 13.2 Å². The van der Waals surface area contributed by atoms with Gasteiger partial charge in [-0.25, -0.2) is 10.3 Å². The van der Waals surface area contributed by atoms with Crippen LogP contribution in [0.15, 0.2) is 36.4 Å². The Morgan fingerprint density at radius 1 is 1.23 bits per heavy atom. The Morgan fingerprint density at radius 2 is 2.00 bits per heavy atom. The number of hydrogen-bond donors (Lipinski definition) is 4. The SMILES string of the molecule is O=C(NCc1ccc(Cl)c(C(F)(F)F)c1)Nc1cccc2c1OC(C(=O)NO)CC2. The second kappa shape index (κ2) is 8.80. The summed E-state index contributed by atoms with van der Waals surface area (Å²) in [6.45, 7) is -0.169. The lowest BCUT2D eigenvalue weighted by molar-refractivity contribution is -0.138. The third-order valence-corrected chi connectivity index (χ3v) is 4.80. The van der Waals surface area contributed by atoms with Gasteiger partial charge in [0.15, 0.2) is 6.10 Å². The quantitative estimate of drug-likeness (QED) is 0.425. The first-order valence-electron chi connectivity index (χ1n) is 8.82. The number of benzene rings is 2. The number of aryl methyl sites for hydroxylation is 1. The van der Waals surface area contributed by atoms with Gasteiger partial charge in [0.25, 0.3) is 5.91 Å². The number of para-hydroxylation sites is 1. The normalized spacial score (nSPS) is 15.6. The van der Waals surface area contributed by atoms with Crippen LogP contribution in [0.1, 0.15) is 23.1 Å². The molecule has 0 radical (unpaired) electrons. The van der Waals surface area contributed by atoms with E-state index in [1.807, 2.05) is 0 Å². The summed E-state index contributed by atoms with van der Waals surface area (Å²) in [7, 11) is 0. The van der Waals surface area contributed by atoms with Crippen LogP contribution in [0.25, 0.3) is 0 Å². The van der Waals surface area contributed by atoms with Crippen LogP contribution < -0.4 is 20.9 Å². The Hall–Kier alpha value is -2.98. The topological polar surface area (TPSA) is 99.7 Å². The first-order chi connectivity index (χ1) is 14.2. The van der Waals surface area contributed by atoms with E-state index in [0.717, 1.165) is 17.7 Å². The molecule has 0 saturated carbocycles. The molecule has 1 unspecified atom stereocenters. The first-order valence-corrected chi connectivity index (χ1v) is 9.20. The molecule has 2 aromatic carbocycles. The molecule has 1 heterocycles. The van der Waals surface area contributed by atoms with Gasteiger partial charge in [0.1, 0.15) is 5.75 Å². The third-order valence-electron chi connectivity index (χ3n) is 4.47. The van der Waals surface area contributed by atoms with E-state index >= 15 is 0 Å². The zero-order chi connectivity index (χ0) is 21.9. The number of alkyl halides is 3. The number of carbonyl (C=O) groups excluding carboxylic acids is 2. The van der Waals surface area contributed by atoms with E-state index < -0.39 is 34.8 Å². The van der Waals surface area contributed by atoms with E-state index in [-0.39, 0.29) is 17.8 Å². The number of amides is 3. The highest BCUT2D eigenvalue weighted by Gasteiger charge is 2.33. The highest BCUT2D eigenvalue weighted by molar-refractivity contribution is 6.31. The van der Waals surface area contributed by atoms with Gasteiger partial charge in [0.05, 0.1) is 16.3 Å². The van der Waals surface area contributed by atoms with Crippen LogP contribution in [-0.4, -0.2) is 23.2 Å². The summed E-state index contributed by atoms with van der Waals surface area (Å²) in [5.74, 6) is -0.415. The molecule has 1 atom stereocenters. The van der Waals surface area contributed by atoms with Crippen LogP contribution in [0, 0.1) is 0 Å². The molecular weight excluding hydrogens is 427 g/mol. The number of carbonyl (C=O) groups is 2. The monoisotopic (exact) mass is 443 g/mol. The highest BCUT2D eigenvalue weighted by atomic mass is 35.5. The predicted octanol–water partition coefficient (Wildman–Crippen LogP) is 3.88. The number of fused-ring (bicyclic) bond motifs is 1. The Morgan fingerprint density at radius 3 is 2.70 bits per heavy atom. The van der Waals surface area contributed by atoms with Crippen molar-refractivity contribution in [3.05, 3.63) is 58.1 Å². The molecule has 0 aromatic heterocycles. The van der Waals surface area contributed by atoms with Gasteiger partial charge in [0, 0.05) is 6.54 Å². The molecule has 1 aliphatic rings. The molecule has 1 aliphatic heterocycles. The molecule has 0 spiro atoms. The maximum absolute atomic E-state index is 12.9. The minimum absolute atomic E-state index is 0.169. The molecule has 2 aromatic rings. The molecule has 30 heavy (non-hydrogen) atoms. The molecule has 3 rings (SSSR count). The van der Waals surface area contributed by atoms with Gasteiger partial charge in [-0.05, 0) is 42.2 Å². The average Bonchev–Trinajstić information content (AvgIpc) is 2.71. The minimum Gasteiger partial charge on any atom is -0.478 e. The van der Waals surface area contributed by atoms with Crippen molar-refractivity contribution < 1.29 is 32.7 Å². The van der Waals surface area contributed by atoms with E-state index in [1.165, 1.54) is 11.5 Å². The Kier molecular flexibility index (Phi) is 6.37. The number of hydrogen-bond acceptors (Lipinski definition) is 4. The summed E-state index contributed by atoms with van der Waals surface area (Å²) < 4.78 is 44.4. The van der Waals surface area contributed by atoms with Gasteiger partial charge < -0.3 is 15.4 Å². The summed E-state index contributed by atoms with van der Waals surface area (Å²) in [5, 5.41) is 13.4. The molecule has 3 amide bonds. The number of hydroxylamine groups is 1. The zero-order valence-electron chi connectivity index (χ0n) is 15.3. The largest absolute Gasteiger partial charge is 0.478 e. The molecule has 4 N–H and O–H groups in total. The number of urea groups is 1. The van der Waals surface area contributed by atoms with E-state index in [0.29, 0.717) is 18.6 Å². The zero-order valence-corrected chi connectivity index (χ0v) is 16.1. The molecule has 0 aliphatic carbocycles. The lowest BCUT2D eigenvalue weighted by atomic mass is 10.0. The van der Waals surface area contributed by atoms with Crippen LogP contribution >= 0.6 is 11.6 Å². The smallest absolute Gasteiger partial charge is 0.417 e. The van der Waals surface area contributed by atoms with Gasteiger partial charge in [-0.3, -0.25) is 10.0 Å². The molecule has 0 fully saturated rings. The molecule has 160 valence electrons. The molecule has 11 heteroatoms. The highest BCUT2D eigenvalue weighted by Crippen LogP contribution is 2.36. The van der Waals surface area contributed by atoms with Crippen molar-refractivity contribution in [3.63, 3.8) is 0 Å². The predicted molar refractivity (Wildman–Crippen MR) is 101 cm³/mol. The van der Waals surface area contributed by atoms with Crippen LogP contribution in [0.2, 0.25) is 5.02 Å². The summed E-state index contributed by atoms with van der Waals surface area (Å²) in [6.07, 6.45) is -4.67. The maximum Gasteiger partial charge on any atom is 0.417 e. The molecule has 7 nitrogen and oxygen atoms in total. The summed E-state index contributed by atoms with van der Waals surface area (Å²) in [5.41, 5.74) is 1.81. The van der Waals surface area contributed by atoms with Crippen LogP contribution in [0.4, 0.5) is 23.7 Å². The fourth-order valence-corrected chi connectivity index (χ4v) is 3.24. The number of halogens is 4. The molecule has 0 saturated heterocycles. The van der Waals surface area contributed by atoms with Crippen molar-refractivity contribution in [2.75, 3.05) is 5.32 Å². The van der Waals surface area contributed by atoms with E-state index in [2.05, 4.69) is 10.6 Å². The number of rotatable bonds is 4. The minimum atomic E-state index is -4.60. The standard InChI is InChI=1S/C19H17ClF3N3O4/c20-13-6-4-10(8-12(13)19(21,22)23)9-24-18(28)25-14-3-1-2-11-5-7-15(17(27)26-29)30-16(11)14/h1-4,6,8,15,29H,5,7,9H2,(H,26,27)(H2,24,25,28). The average molecular weight is 444 g/mol. The summed E-state index contributed by atoms with van der Waals surface area (Å²) in [6, 6.07) is 7.72. The lowest BCUT2D eigenvalue weighted by Crippen LogP contribution is -2.39. The van der Waals surface area contributed by atoms with Crippen molar-refractivity contribution >= 4 is 29.2 Å². The van der Waals surface area contributed by atoms with Crippen molar-refractivity contribution in [3.8, 4) is 5.75 Å². The molecular formula is C19H17ClF3N3O4. The fourth-order valence-electron chi connectivity index (χ4n) is 3.01. The Labute approximate surface area is 174 Å². The van der Waals surface area contributed by atoms with Crippen LogP contribution in [-0.2, 0) is 23.9 Å².